The number of hydrogen-bond donors (Lipinski definition) is 2. The van der Waals surface area contributed by atoms with E-state index in [1.165, 1.54) is 122 Å². The molecule has 0 spiro atoms. The summed E-state index contributed by atoms with van der Waals surface area (Å²) >= 11 is 0. The lowest BCUT2D eigenvalue weighted by Gasteiger charge is -2.29. The number of hydrogen-bond acceptors (Lipinski definition) is 6. The van der Waals surface area contributed by atoms with Crippen LogP contribution >= 0.6 is 7.82 Å². The number of unbranched alkanes of at least 4 members (excludes halogenated alkanes) is 24. The van der Waals surface area contributed by atoms with Crippen molar-refractivity contribution >= 4 is 13.7 Å². The Morgan fingerprint density at radius 1 is 0.603 bits per heavy atom. The zero-order chi connectivity index (χ0) is 42.8. The highest BCUT2D eigenvalue weighted by Crippen LogP contribution is 2.38. The van der Waals surface area contributed by atoms with Crippen LogP contribution in [0, 0.1) is 0 Å². The first-order valence-electron chi connectivity index (χ1n) is 24.0. The van der Waals surface area contributed by atoms with E-state index in [0.29, 0.717) is 17.4 Å². The van der Waals surface area contributed by atoms with Crippen molar-refractivity contribution in [3.8, 4) is 0 Å². The van der Waals surface area contributed by atoms with Gasteiger partial charge in [-0.05, 0) is 57.8 Å². The molecule has 0 rings (SSSR count). The van der Waals surface area contributed by atoms with E-state index in [0.717, 1.165) is 64.2 Å². The Morgan fingerprint density at radius 2 is 1.03 bits per heavy atom. The fraction of sp³-hybridized carbons (Fsp3) is 0.816. The van der Waals surface area contributed by atoms with Gasteiger partial charge in [0, 0.05) is 6.42 Å². The summed E-state index contributed by atoms with van der Waals surface area (Å²) in [6.07, 6.45) is 51.7. The van der Waals surface area contributed by atoms with Crippen LogP contribution in [-0.4, -0.2) is 68.5 Å². The molecule has 0 saturated carbocycles. The number of aliphatic hydroxyl groups excluding tert-OH is 1. The Balaban J connectivity index is 4.40. The number of allylic oxidation sites excluding steroid dienone is 7. The van der Waals surface area contributed by atoms with E-state index in [9.17, 15) is 19.4 Å². The minimum absolute atomic E-state index is 0.0104. The van der Waals surface area contributed by atoms with Crippen LogP contribution in [0.25, 0.3) is 0 Å². The molecule has 0 radical (unpaired) electrons. The molecule has 2 N–H and O–H groups in total. The van der Waals surface area contributed by atoms with Gasteiger partial charge >= 0.3 is 0 Å². The Labute approximate surface area is 359 Å². The average molecular weight is 837 g/mol. The summed E-state index contributed by atoms with van der Waals surface area (Å²) in [5, 5.41) is 13.8. The van der Waals surface area contributed by atoms with Crippen molar-refractivity contribution in [1.82, 2.24) is 5.32 Å². The van der Waals surface area contributed by atoms with Gasteiger partial charge in [-0.1, -0.05) is 191 Å². The maximum absolute atomic E-state index is 12.8. The molecule has 0 aromatic heterocycles. The van der Waals surface area contributed by atoms with Crippen LogP contribution in [0.3, 0.4) is 0 Å². The molecule has 58 heavy (non-hydrogen) atoms. The van der Waals surface area contributed by atoms with Gasteiger partial charge < -0.3 is 28.8 Å². The topological polar surface area (TPSA) is 108 Å². The second-order valence-corrected chi connectivity index (χ2v) is 18.9. The highest BCUT2D eigenvalue weighted by atomic mass is 31.2. The third kappa shape index (κ3) is 42.6. The maximum atomic E-state index is 12.8. The zero-order valence-corrected chi connectivity index (χ0v) is 39.4. The summed E-state index contributed by atoms with van der Waals surface area (Å²) in [4.78, 5) is 25.3. The first-order valence-corrected chi connectivity index (χ1v) is 25.5. The lowest BCUT2D eigenvalue weighted by atomic mass is 10.0. The number of rotatable bonds is 43. The number of likely N-dealkylation sites (N-methyl/N-ethyl adjacent to an activating group) is 1. The molecule has 0 saturated heterocycles. The van der Waals surface area contributed by atoms with Crippen LogP contribution in [0.15, 0.2) is 48.6 Å². The number of phosphoric acid groups is 1. The zero-order valence-electron chi connectivity index (χ0n) is 38.5. The fourth-order valence-electron chi connectivity index (χ4n) is 6.65. The lowest BCUT2D eigenvalue weighted by Crippen LogP contribution is -2.45. The molecule has 1 amide bonds. The number of carbonyl (C=O) groups excluding carboxylic acids is 1. The standard InChI is InChI=1S/C49H93N2O6P/c1-6-8-10-12-14-16-18-20-22-23-24-25-26-27-28-29-30-32-34-36-38-40-42-48(52)47(46-57-58(54,55)56-45-44-51(3,4)5)50-49(53)43-41-39-37-35-33-31-21-19-17-15-13-11-9-7-2/h13,15,19,21,32,34,40,42,47-48,52H,6-12,14,16-18,20,22-31,33,35-39,41,43-46H2,1-5H3,(H-,50,53,54,55)/b15-13-,21-19-,34-32+,42-40+. The number of quaternary nitrogens is 1. The predicted octanol–water partition coefficient (Wildman–Crippen LogP) is 13.0. The number of carbonyl (C=O) groups is 1. The number of aliphatic hydroxyl groups is 1. The van der Waals surface area contributed by atoms with E-state index in [4.69, 9.17) is 9.05 Å². The van der Waals surface area contributed by atoms with Gasteiger partial charge in [0.05, 0.1) is 39.9 Å². The number of nitrogens with one attached hydrogen (secondary N) is 1. The molecular weight excluding hydrogens is 744 g/mol. The van der Waals surface area contributed by atoms with Crippen LogP contribution in [0.2, 0.25) is 0 Å². The Morgan fingerprint density at radius 3 is 1.55 bits per heavy atom. The third-order valence-corrected chi connectivity index (χ3v) is 11.5. The highest BCUT2D eigenvalue weighted by molar-refractivity contribution is 7.45. The summed E-state index contributed by atoms with van der Waals surface area (Å²) in [7, 11) is 1.23. The Hall–Kier alpha value is -1.54. The summed E-state index contributed by atoms with van der Waals surface area (Å²) < 4.78 is 23.2. The highest BCUT2D eigenvalue weighted by Gasteiger charge is 2.23. The van der Waals surface area contributed by atoms with Gasteiger partial charge in [0.1, 0.15) is 13.2 Å². The minimum Gasteiger partial charge on any atom is -0.756 e. The smallest absolute Gasteiger partial charge is 0.268 e. The fourth-order valence-corrected chi connectivity index (χ4v) is 7.38. The van der Waals surface area contributed by atoms with Crippen LogP contribution < -0.4 is 10.2 Å². The van der Waals surface area contributed by atoms with Crippen LogP contribution in [0.5, 0.6) is 0 Å². The monoisotopic (exact) mass is 837 g/mol. The van der Waals surface area contributed by atoms with E-state index in [-0.39, 0.29) is 12.5 Å². The van der Waals surface area contributed by atoms with Crippen molar-refractivity contribution in [2.75, 3.05) is 40.9 Å². The summed E-state index contributed by atoms with van der Waals surface area (Å²) in [6.45, 7) is 4.57. The van der Waals surface area contributed by atoms with E-state index in [1.807, 2.05) is 27.2 Å². The molecule has 9 heteroatoms. The molecule has 3 unspecified atom stereocenters. The molecule has 0 aliphatic rings. The van der Waals surface area contributed by atoms with Crippen molar-refractivity contribution in [2.45, 2.75) is 219 Å². The number of amides is 1. The number of nitrogens with zero attached hydrogens (tertiary/aromatic N) is 1. The first-order chi connectivity index (χ1) is 28.0. The predicted molar refractivity (Wildman–Crippen MR) is 247 cm³/mol. The number of phosphoric ester groups is 1. The molecular formula is C49H93N2O6P. The normalized spacial score (nSPS) is 14.7. The SMILES string of the molecule is CCCC/C=C\C/C=C\CCCCCCCC(=O)NC(COP(=O)([O-])OCC[N+](C)(C)C)C(O)/C=C/CC/C=C/CCCCCCCCCCCCCCCCCC. The van der Waals surface area contributed by atoms with Crippen LogP contribution in [-0.2, 0) is 18.4 Å². The van der Waals surface area contributed by atoms with Crippen molar-refractivity contribution in [1.29, 1.82) is 0 Å². The molecule has 0 aromatic carbocycles. The van der Waals surface area contributed by atoms with Crippen molar-refractivity contribution in [3.05, 3.63) is 48.6 Å². The maximum Gasteiger partial charge on any atom is 0.268 e. The van der Waals surface area contributed by atoms with E-state index in [1.54, 1.807) is 6.08 Å². The van der Waals surface area contributed by atoms with Crippen molar-refractivity contribution in [3.63, 3.8) is 0 Å². The van der Waals surface area contributed by atoms with Crippen LogP contribution in [0.4, 0.5) is 0 Å². The molecule has 0 aliphatic carbocycles. The van der Waals surface area contributed by atoms with Gasteiger partial charge in [0.2, 0.25) is 5.91 Å². The molecule has 0 bridgehead atoms. The van der Waals surface area contributed by atoms with Crippen molar-refractivity contribution in [2.24, 2.45) is 0 Å². The molecule has 0 heterocycles. The van der Waals surface area contributed by atoms with Gasteiger partial charge in [-0.15, -0.1) is 0 Å². The second-order valence-electron chi connectivity index (χ2n) is 17.5. The summed E-state index contributed by atoms with van der Waals surface area (Å²) in [5.74, 6) is -0.223. The first kappa shape index (κ1) is 56.5. The van der Waals surface area contributed by atoms with E-state index >= 15 is 0 Å². The minimum atomic E-state index is -4.60. The van der Waals surface area contributed by atoms with Gasteiger partial charge in [-0.25, -0.2) is 0 Å². The molecule has 340 valence electrons. The van der Waals surface area contributed by atoms with Gasteiger partial charge in [0.15, 0.2) is 0 Å². The van der Waals surface area contributed by atoms with Gasteiger partial charge in [0.25, 0.3) is 7.82 Å². The molecule has 0 aromatic rings. The molecule has 3 atom stereocenters. The summed E-state index contributed by atoms with van der Waals surface area (Å²) in [6, 6.07) is -0.910. The molecule has 0 fully saturated rings. The quantitative estimate of drug-likeness (QED) is 0.0274. The molecule has 8 nitrogen and oxygen atoms in total. The van der Waals surface area contributed by atoms with Gasteiger partial charge in [-0.2, -0.15) is 0 Å². The van der Waals surface area contributed by atoms with E-state index < -0.39 is 26.6 Å². The summed E-state index contributed by atoms with van der Waals surface area (Å²) in [5.41, 5.74) is 0. The van der Waals surface area contributed by atoms with Gasteiger partial charge in [-0.3, -0.25) is 9.36 Å². The van der Waals surface area contributed by atoms with Crippen LogP contribution in [0.1, 0.15) is 206 Å². The average Bonchev–Trinajstić information content (AvgIpc) is 3.17. The van der Waals surface area contributed by atoms with E-state index in [2.05, 4.69) is 55.6 Å². The lowest BCUT2D eigenvalue weighted by molar-refractivity contribution is -0.870. The Kier molecular flexibility index (Phi) is 39.8. The Bertz CT molecular complexity index is 1090. The largest absolute Gasteiger partial charge is 0.756 e. The van der Waals surface area contributed by atoms with Crippen molar-refractivity contribution < 1.29 is 32.9 Å². The second kappa shape index (κ2) is 40.8. The third-order valence-electron chi connectivity index (χ3n) is 10.5. The molecule has 0 aliphatic heterocycles.